The van der Waals surface area contributed by atoms with E-state index in [1.807, 2.05) is 0 Å². The zero-order valence-corrected chi connectivity index (χ0v) is 12.0. The van der Waals surface area contributed by atoms with Gasteiger partial charge in [-0.1, -0.05) is 65.0 Å². The highest BCUT2D eigenvalue weighted by Gasteiger charge is 2.19. The van der Waals surface area contributed by atoms with Crippen LogP contribution in [0.25, 0.3) is 0 Å². The molecule has 1 rings (SSSR count). The fourth-order valence-electron chi connectivity index (χ4n) is 1.72. The van der Waals surface area contributed by atoms with Gasteiger partial charge < -0.3 is 5.32 Å². The molecule has 1 aromatic carbocycles. The standard InChI is InChI=1S/C16H27N/c1-13(15-9-7-6-8-10-15)11-17-12-14(2)16(3,4)5/h6-10,13-14,17H,11-12H2,1-5H3. The summed E-state index contributed by atoms with van der Waals surface area (Å²) < 4.78 is 0. The Balaban J connectivity index is 2.33. The molecule has 0 fully saturated rings. The lowest BCUT2D eigenvalue weighted by atomic mass is 9.82. The molecular weight excluding hydrogens is 206 g/mol. The average Bonchev–Trinajstić information content (AvgIpc) is 2.28. The molecule has 0 saturated carbocycles. The van der Waals surface area contributed by atoms with Crippen LogP contribution < -0.4 is 5.32 Å². The van der Waals surface area contributed by atoms with E-state index in [1.54, 1.807) is 0 Å². The van der Waals surface area contributed by atoms with Crippen LogP contribution in [0.15, 0.2) is 30.3 Å². The topological polar surface area (TPSA) is 12.0 Å². The lowest BCUT2D eigenvalue weighted by molar-refractivity contribution is 0.252. The maximum Gasteiger partial charge on any atom is 0.00176 e. The van der Waals surface area contributed by atoms with Crippen molar-refractivity contribution in [2.24, 2.45) is 11.3 Å². The maximum atomic E-state index is 3.59. The van der Waals surface area contributed by atoms with Crippen molar-refractivity contribution in [3.63, 3.8) is 0 Å². The minimum absolute atomic E-state index is 0.392. The molecule has 2 atom stereocenters. The highest BCUT2D eigenvalue weighted by molar-refractivity contribution is 5.18. The normalized spacial score (nSPS) is 15.6. The van der Waals surface area contributed by atoms with Crippen molar-refractivity contribution in [1.82, 2.24) is 5.32 Å². The molecule has 96 valence electrons. The van der Waals surface area contributed by atoms with Crippen molar-refractivity contribution in [1.29, 1.82) is 0 Å². The second kappa shape index (κ2) is 6.20. The van der Waals surface area contributed by atoms with E-state index in [9.17, 15) is 0 Å². The van der Waals surface area contributed by atoms with Crippen LogP contribution in [0.3, 0.4) is 0 Å². The van der Waals surface area contributed by atoms with Crippen LogP contribution in [-0.4, -0.2) is 13.1 Å². The molecule has 0 saturated heterocycles. The monoisotopic (exact) mass is 233 g/mol. The molecular formula is C16H27N. The number of nitrogens with one attached hydrogen (secondary N) is 1. The lowest BCUT2D eigenvalue weighted by Gasteiger charge is -2.28. The summed E-state index contributed by atoms with van der Waals surface area (Å²) >= 11 is 0. The second-order valence-electron chi connectivity index (χ2n) is 6.24. The third kappa shape index (κ3) is 4.91. The summed E-state index contributed by atoms with van der Waals surface area (Å²) in [5.41, 5.74) is 1.81. The molecule has 0 radical (unpaired) electrons. The van der Waals surface area contributed by atoms with Gasteiger partial charge in [-0.3, -0.25) is 0 Å². The zero-order valence-electron chi connectivity index (χ0n) is 12.0. The average molecular weight is 233 g/mol. The van der Waals surface area contributed by atoms with Gasteiger partial charge in [-0.05, 0) is 29.4 Å². The van der Waals surface area contributed by atoms with E-state index in [2.05, 4.69) is 70.3 Å². The van der Waals surface area contributed by atoms with Gasteiger partial charge in [0.15, 0.2) is 0 Å². The maximum absolute atomic E-state index is 3.59. The summed E-state index contributed by atoms with van der Waals surface area (Å²) in [7, 11) is 0. The molecule has 2 unspecified atom stereocenters. The van der Waals surface area contributed by atoms with Crippen LogP contribution in [-0.2, 0) is 0 Å². The second-order valence-corrected chi connectivity index (χ2v) is 6.24. The third-order valence-corrected chi connectivity index (χ3v) is 3.75. The molecule has 0 spiro atoms. The first-order valence-electron chi connectivity index (χ1n) is 6.67. The first-order valence-corrected chi connectivity index (χ1v) is 6.67. The van der Waals surface area contributed by atoms with Crippen molar-refractivity contribution in [3.8, 4) is 0 Å². The highest BCUT2D eigenvalue weighted by atomic mass is 14.9. The SMILES string of the molecule is CC(CNCC(C)C(C)(C)C)c1ccccc1. The van der Waals surface area contributed by atoms with Gasteiger partial charge in [-0.2, -0.15) is 0 Å². The Hall–Kier alpha value is -0.820. The summed E-state index contributed by atoms with van der Waals surface area (Å²) in [6.07, 6.45) is 0. The van der Waals surface area contributed by atoms with Crippen LogP contribution in [0.1, 0.15) is 46.1 Å². The molecule has 1 aromatic rings. The highest BCUT2D eigenvalue weighted by Crippen LogP contribution is 2.24. The Morgan fingerprint density at radius 1 is 1.00 bits per heavy atom. The van der Waals surface area contributed by atoms with E-state index >= 15 is 0 Å². The molecule has 0 aliphatic carbocycles. The molecule has 1 heteroatoms. The van der Waals surface area contributed by atoms with Crippen LogP contribution >= 0.6 is 0 Å². The van der Waals surface area contributed by atoms with E-state index in [-0.39, 0.29) is 0 Å². The van der Waals surface area contributed by atoms with E-state index < -0.39 is 0 Å². The first kappa shape index (κ1) is 14.2. The third-order valence-electron chi connectivity index (χ3n) is 3.75. The molecule has 0 aliphatic rings. The Kier molecular flexibility index (Phi) is 5.20. The van der Waals surface area contributed by atoms with Gasteiger partial charge >= 0.3 is 0 Å². The largest absolute Gasteiger partial charge is 0.316 e. The van der Waals surface area contributed by atoms with E-state index in [1.165, 1.54) is 5.56 Å². The van der Waals surface area contributed by atoms with E-state index in [0.717, 1.165) is 13.1 Å². The Morgan fingerprint density at radius 2 is 1.59 bits per heavy atom. The van der Waals surface area contributed by atoms with Crippen molar-refractivity contribution in [3.05, 3.63) is 35.9 Å². The van der Waals surface area contributed by atoms with Gasteiger partial charge in [0, 0.05) is 6.54 Å². The summed E-state index contributed by atoms with van der Waals surface area (Å²) in [5, 5.41) is 3.59. The number of rotatable bonds is 5. The molecule has 0 aliphatic heterocycles. The van der Waals surface area contributed by atoms with Gasteiger partial charge in [-0.25, -0.2) is 0 Å². The minimum Gasteiger partial charge on any atom is -0.316 e. The minimum atomic E-state index is 0.392. The van der Waals surface area contributed by atoms with Crippen molar-refractivity contribution >= 4 is 0 Å². The molecule has 1 nitrogen and oxygen atoms in total. The van der Waals surface area contributed by atoms with Gasteiger partial charge in [0.05, 0.1) is 0 Å². The van der Waals surface area contributed by atoms with Crippen molar-refractivity contribution in [2.45, 2.75) is 40.5 Å². The number of benzene rings is 1. The van der Waals surface area contributed by atoms with Gasteiger partial charge in [0.25, 0.3) is 0 Å². The summed E-state index contributed by atoms with van der Waals surface area (Å²) in [6, 6.07) is 10.7. The van der Waals surface area contributed by atoms with Crippen molar-refractivity contribution in [2.75, 3.05) is 13.1 Å². The van der Waals surface area contributed by atoms with E-state index in [4.69, 9.17) is 0 Å². The fraction of sp³-hybridized carbons (Fsp3) is 0.625. The summed E-state index contributed by atoms with van der Waals surface area (Å²) in [6.45, 7) is 13.7. The fourth-order valence-corrected chi connectivity index (χ4v) is 1.72. The predicted octanol–water partition coefficient (Wildman–Crippen LogP) is 4.06. The van der Waals surface area contributed by atoms with Crippen LogP contribution in [0.5, 0.6) is 0 Å². The molecule has 1 N–H and O–H groups in total. The number of hydrogen-bond donors (Lipinski definition) is 1. The first-order chi connectivity index (χ1) is 7.91. The zero-order chi connectivity index (χ0) is 12.9. The van der Waals surface area contributed by atoms with Crippen LogP contribution in [0, 0.1) is 11.3 Å². The molecule has 0 bridgehead atoms. The van der Waals surface area contributed by atoms with Gasteiger partial charge in [0.2, 0.25) is 0 Å². The molecule has 0 heterocycles. The molecule has 0 aromatic heterocycles. The van der Waals surface area contributed by atoms with Crippen molar-refractivity contribution < 1.29 is 0 Å². The van der Waals surface area contributed by atoms with Crippen LogP contribution in [0.2, 0.25) is 0 Å². The summed E-state index contributed by atoms with van der Waals surface area (Å²) in [4.78, 5) is 0. The van der Waals surface area contributed by atoms with Gasteiger partial charge in [0.1, 0.15) is 0 Å². The Morgan fingerprint density at radius 3 is 2.12 bits per heavy atom. The number of hydrogen-bond acceptors (Lipinski definition) is 1. The van der Waals surface area contributed by atoms with Crippen LogP contribution in [0.4, 0.5) is 0 Å². The van der Waals surface area contributed by atoms with E-state index in [0.29, 0.717) is 17.3 Å². The molecule has 0 amide bonds. The Bertz CT molecular complexity index is 310. The predicted molar refractivity (Wildman–Crippen MR) is 76.3 cm³/mol. The quantitative estimate of drug-likeness (QED) is 0.808. The Labute approximate surface area is 107 Å². The lowest BCUT2D eigenvalue weighted by Crippen LogP contribution is -2.31. The van der Waals surface area contributed by atoms with Gasteiger partial charge in [-0.15, -0.1) is 0 Å². The smallest absolute Gasteiger partial charge is 0.00176 e. The summed E-state index contributed by atoms with van der Waals surface area (Å²) in [5.74, 6) is 1.29. The molecule has 17 heavy (non-hydrogen) atoms.